The van der Waals surface area contributed by atoms with Crippen LogP contribution in [0.5, 0.6) is 5.88 Å². The summed E-state index contributed by atoms with van der Waals surface area (Å²) < 4.78 is 31.9. The van der Waals surface area contributed by atoms with Gasteiger partial charge < -0.3 is 9.84 Å². The van der Waals surface area contributed by atoms with Gasteiger partial charge in [0, 0.05) is 11.5 Å². The quantitative estimate of drug-likeness (QED) is 0.925. The van der Waals surface area contributed by atoms with Gasteiger partial charge in [0.1, 0.15) is 16.9 Å². The molecule has 0 spiro atoms. The van der Waals surface area contributed by atoms with E-state index in [4.69, 9.17) is 9.84 Å². The fraction of sp³-hybridized carbons (Fsp3) is 0.231. The molecule has 0 saturated heterocycles. The summed E-state index contributed by atoms with van der Waals surface area (Å²) in [6.45, 7) is 2.11. The molecule has 2 rings (SSSR count). The molecule has 0 atom stereocenters. The van der Waals surface area contributed by atoms with Crippen LogP contribution in [0, 0.1) is 11.6 Å². The molecule has 0 aliphatic heterocycles. The van der Waals surface area contributed by atoms with Gasteiger partial charge in [-0.15, -0.1) is 0 Å². The molecule has 1 N–H and O–H groups in total. The van der Waals surface area contributed by atoms with Crippen LogP contribution in [-0.4, -0.2) is 22.7 Å². The van der Waals surface area contributed by atoms with Gasteiger partial charge in [-0.2, -0.15) is 0 Å². The number of benzene rings is 1. The lowest BCUT2D eigenvalue weighted by atomic mass is 10.1. The van der Waals surface area contributed by atoms with E-state index < -0.39 is 17.6 Å². The Hall–Kier alpha value is -2.24. The maximum Gasteiger partial charge on any atom is 0.341 e. The predicted octanol–water partition coefficient (Wildman–Crippen LogP) is 3.00. The molecule has 0 unspecified atom stereocenters. The third-order valence-electron chi connectivity index (χ3n) is 2.47. The average molecular weight is 267 g/mol. The molecule has 100 valence electrons. The second-order valence-corrected chi connectivity index (χ2v) is 3.95. The average Bonchev–Trinajstić information content (AvgIpc) is 2.35. The SMILES string of the molecule is CCCOc1nc2c(F)cc(F)cc2cc1C(=O)O. The van der Waals surface area contributed by atoms with Crippen LogP contribution in [0.3, 0.4) is 0 Å². The smallest absolute Gasteiger partial charge is 0.341 e. The van der Waals surface area contributed by atoms with Gasteiger partial charge in [-0.25, -0.2) is 18.6 Å². The Morgan fingerprint density at radius 2 is 2.11 bits per heavy atom. The van der Waals surface area contributed by atoms with E-state index in [1.165, 1.54) is 0 Å². The van der Waals surface area contributed by atoms with E-state index in [9.17, 15) is 13.6 Å². The molecule has 1 aromatic carbocycles. The van der Waals surface area contributed by atoms with Crippen LogP contribution in [0.4, 0.5) is 8.78 Å². The fourth-order valence-electron chi connectivity index (χ4n) is 1.65. The van der Waals surface area contributed by atoms with Gasteiger partial charge in [-0.1, -0.05) is 6.92 Å². The van der Waals surface area contributed by atoms with E-state index in [-0.39, 0.29) is 29.0 Å². The van der Waals surface area contributed by atoms with Gasteiger partial charge in [0.05, 0.1) is 6.61 Å². The van der Waals surface area contributed by atoms with Crippen LogP contribution in [0.25, 0.3) is 10.9 Å². The van der Waals surface area contributed by atoms with Gasteiger partial charge in [-0.3, -0.25) is 0 Å². The number of rotatable bonds is 4. The second-order valence-electron chi connectivity index (χ2n) is 3.95. The molecule has 0 amide bonds. The minimum absolute atomic E-state index is 0.0822. The van der Waals surface area contributed by atoms with Crippen LogP contribution in [0.1, 0.15) is 23.7 Å². The second kappa shape index (κ2) is 5.17. The Morgan fingerprint density at radius 1 is 1.37 bits per heavy atom. The number of pyridine rings is 1. The van der Waals surface area contributed by atoms with Gasteiger partial charge in [0.2, 0.25) is 5.88 Å². The molecule has 1 heterocycles. The number of carboxylic acids is 1. The Balaban J connectivity index is 2.65. The summed E-state index contributed by atoms with van der Waals surface area (Å²) in [6, 6.07) is 2.88. The summed E-state index contributed by atoms with van der Waals surface area (Å²) in [5.41, 5.74) is -0.330. The maximum absolute atomic E-state index is 13.6. The first-order valence-corrected chi connectivity index (χ1v) is 5.68. The Morgan fingerprint density at radius 3 is 2.74 bits per heavy atom. The zero-order valence-electron chi connectivity index (χ0n) is 10.1. The van der Waals surface area contributed by atoms with Crippen molar-refractivity contribution in [3.8, 4) is 5.88 Å². The minimum atomic E-state index is -1.26. The number of hydrogen-bond donors (Lipinski definition) is 1. The number of halogens is 2. The lowest BCUT2D eigenvalue weighted by Crippen LogP contribution is -2.06. The molecular formula is C13H11F2NO3. The van der Waals surface area contributed by atoms with Crippen LogP contribution < -0.4 is 4.74 Å². The first-order chi connectivity index (χ1) is 9.02. The molecule has 19 heavy (non-hydrogen) atoms. The largest absolute Gasteiger partial charge is 0.477 e. The summed E-state index contributed by atoms with van der Waals surface area (Å²) in [5, 5.41) is 9.14. The van der Waals surface area contributed by atoms with Gasteiger partial charge >= 0.3 is 5.97 Å². The van der Waals surface area contributed by atoms with Gasteiger partial charge in [-0.05, 0) is 18.6 Å². The molecule has 1 aromatic heterocycles. The van der Waals surface area contributed by atoms with Gasteiger partial charge in [0.25, 0.3) is 0 Å². The number of aromatic carboxylic acids is 1. The molecule has 0 radical (unpaired) electrons. The van der Waals surface area contributed by atoms with Crippen molar-refractivity contribution in [2.75, 3.05) is 6.61 Å². The summed E-state index contributed by atoms with van der Waals surface area (Å²) in [7, 11) is 0. The van der Waals surface area contributed by atoms with Crippen molar-refractivity contribution in [1.29, 1.82) is 0 Å². The summed E-state index contributed by atoms with van der Waals surface area (Å²) in [6.07, 6.45) is 0.657. The fourth-order valence-corrected chi connectivity index (χ4v) is 1.65. The number of carboxylic acid groups (broad SMARTS) is 1. The molecule has 0 bridgehead atoms. The zero-order valence-corrected chi connectivity index (χ0v) is 10.1. The first kappa shape index (κ1) is 13.2. The predicted molar refractivity (Wildman–Crippen MR) is 64.4 cm³/mol. The standard InChI is InChI=1S/C13H11F2NO3/c1-2-3-19-12-9(13(17)18)5-7-4-8(14)6-10(15)11(7)16-12/h4-6H,2-3H2,1H3,(H,17,18). The van der Waals surface area contributed by atoms with E-state index >= 15 is 0 Å². The van der Waals surface area contributed by atoms with Gasteiger partial charge in [0.15, 0.2) is 5.82 Å². The molecule has 4 nitrogen and oxygen atoms in total. The van der Waals surface area contributed by atoms with Crippen molar-refractivity contribution in [1.82, 2.24) is 4.98 Å². The lowest BCUT2D eigenvalue weighted by molar-refractivity contribution is 0.0691. The molecule has 6 heteroatoms. The Kier molecular flexibility index (Phi) is 3.59. The number of nitrogens with zero attached hydrogens (tertiary/aromatic N) is 1. The normalized spacial score (nSPS) is 10.7. The van der Waals surface area contributed by atoms with Crippen LogP contribution in [0.15, 0.2) is 18.2 Å². The molecule has 0 saturated carbocycles. The first-order valence-electron chi connectivity index (χ1n) is 5.68. The minimum Gasteiger partial charge on any atom is -0.477 e. The molecule has 0 aliphatic rings. The third kappa shape index (κ3) is 2.62. The molecule has 0 aliphatic carbocycles. The Bertz CT molecular complexity index is 643. The lowest BCUT2D eigenvalue weighted by Gasteiger charge is -2.09. The number of aromatic nitrogens is 1. The van der Waals surface area contributed by atoms with Crippen molar-refractivity contribution in [3.63, 3.8) is 0 Å². The highest BCUT2D eigenvalue weighted by Gasteiger charge is 2.17. The highest BCUT2D eigenvalue weighted by atomic mass is 19.1. The number of carbonyl (C=O) groups is 1. The molecular weight excluding hydrogens is 256 g/mol. The maximum atomic E-state index is 13.6. The van der Waals surface area contributed by atoms with E-state index in [1.54, 1.807) is 0 Å². The van der Waals surface area contributed by atoms with E-state index in [0.29, 0.717) is 12.5 Å². The van der Waals surface area contributed by atoms with Crippen LogP contribution in [-0.2, 0) is 0 Å². The zero-order chi connectivity index (χ0) is 14.0. The molecule has 2 aromatic rings. The van der Waals surface area contributed by atoms with Crippen molar-refractivity contribution in [3.05, 3.63) is 35.4 Å². The van der Waals surface area contributed by atoms with Crippen LogP contribution in [0.2, 0.25) is 0 Å². The van der Waals surface area contributed by atoms with Crippen molar-refractivity contribution >= 4 is 16.9 Å². The van der Waals surface area contributed by atoms with Crippen molar-refractivity contribution in [2.24, 2.45) is 0 Å². The number of ether oxygens (including phenoxy) is 1. The highest BCUT2D eigenvalue weighted by Crippen LogP contribution is 2.25. The number of hydrogen-bond acceptors (Lipinski definition) is 3. The van der Waals surface area contributed by atoms with Crippen LogP contribution >= 0.6 is 0 Å². The summed E-state index contributed by atoms with van der Waals surface area (Å²) >= 11 is 0. The summed E-state index contributed by atoms with van der Waals surface area (Å²) in [4.78, 5) is 14.9. The molecule has 0 fully saturated rings. The van der Waals surface area contributed by atoms with E-state index in [1.807, 2.05) is 6.92 Å². The van der Waals surface area contributed by atoms with E-state index in [2.05, 4.69) is 4.98 Å². The summed E-state index contributed by atoms with van der Waals surface area (Å²) in [5.74, 6) is -3.06. The Labute approximate surface area is 107 Å². The van der Waals surface area contributed by atoms with E-state index in [0.717, 1.165) is 12.1 Å². The van der Waals surface area contributed by atoms with Crippen molar-refractivity contribution < 1.29 is 23.4 Å². The van der Waals surface area contributed by atoms with Crippen molar-refractivity contribution in [2.45, 2.75) is 13.3 Å². The third-order valence-corrected chi connectivity index (χ3v) is 2.47. The number of fused-ring (bicyclic) bond motifs is 1. The highest BCUT2D eigenvalue weighted by molar-refractivity contribution is 5.95. The topological polar surface area (TPSA) is 59.4 Å². The monoisotopic (exact) mass is 267 g/mol.